The van der Waals surface area contributed by atoms with Crippen molar-refractivity contribution in [3.8, 4) is 5.75 Å². The molecule has 1 heterocycles. The number of benzene rings is 2. The minimum Gasteiger partial charge on any atom is -0.489 e. The summed E-state index contributed by atoms with van der Waals surface area (Å²) in [6, 6.07) is 16.0. The van der Waals surface area contributed by atoms with Crippen LogP contribution in [0.25, 0.3) is 0 Å². The number of nitrogens with zero attached hydrogens (tertiary/aromatic N) is 1. The summed E-state index contributed by atoms with van der Waals surface area (Å²) >= 11 is 1.26. The number of rotatable bonds is 10. The van der Waals surface area contributed by atoms with Gasteiger partial charge in [-0.2, -0.15) is 0 Å². The zero-order chi connectivity index (χ0) is 22.2. The fourth-order valence-electron chi connectivity index (χ4n) is 2.81. The molecule has 3 aromatic rings. The number of nitrogens with two attached hydrogens (primary N) is 2. The Bertz CT molecular complexity index is 1010. The Balaban J connectivity index is 1.54. The molecule has 0 saturated carbocycles. The van der Waals surface area contributed by atoms with Crippen molar-refractivity contribution < 1.29 is 19.4 Å². The summed E-state index contributed by atoms with van der Waals surface area (Å²) in [6.07, 6.45) is 0.536. The lowest BCUT2D eigenvalue weighted by Crippen LogP contribution is -2.46. The predicted octanol–water partition coefficient (Wildman–Crippen LogP) is 1.54. The molecule has 9 heteroatoms. The number of aliphatic hydroxyl groups excluding tert-OH is 1. The predicted molar refractivity (Wildman–Crippen MR) is 117 cm³/mol. The Hall–Kier alpha value is -3.27. The van der Waals surface area contributed by atoms with Gasteiger partial charge in [0.25, 0.3) is 5.91 Å². The van der Waals surface area contributed by atoms with Crippen molar-refractivity contribution >= 4 is 23.2 Å². The van der Waals surface area contributed by atoms with E-state index in [2.05, 4.69) is 10.3 Å². The highest BCUT2D eigenvalue weighted by Gasteiger charge is 2.21. The average molecular weight is 441 g/mol. The highest BCUT2D eigenvalue weighted by molar-refractivity contribution is 7.09. The second-order valence-electron chi connectivity index (χ2n) is 6.91. The van der Waals surface area contributed by atoms with Crippen LogP contribution in [-0.4, -0.2) is 34.6 Å². The zero-order valence-corrected chi connectivity index (χ0v) is 17.5. The first-order chi connectivity index (χ1) is 15.0. The molecule has 31 heavy (non-hydrogen) atoms. The van der Waals surface area contributed by atoms with Crippen molar-refractivity contribution in [1.29, 1.82) is 0 Å². The highest BCUT2D eigenvalue weighted by Crippen LogP contribution is 2.22. The molecule has 2 atom stereocenters. The third-order valence-corrected chi connectivity index (χ3v) is 5.51. The maximum absolute atomic E-state index is 12.2. The summed E-state index contributed by atoms with van der Waals surface area (Å²) in [6.45, 7) is -0.0841. The highest BCUT2D eigenvalue weighted by atomic mass is 32.1. The second-order valence-corrected chi connectivity index (χ2v) is 7.80. The van der Waals surface area contributed by atoms with Crippen molar-refractivity contribution in [2.24, 2.45) is 11.5 Å². The fraction of sp³-hybridized carbons (Fsp3) is 0.227. The summed E-state index contributed by atoms with van der Waals surface area (Å²) in [4.78, 5) is 27.6. The van der Waals surface area contributed by atoms with Gasteiger partial charge in [-0.25, -0.2) is 4.98 Å². The molecule has 0 aliphatic heterocycles. The number of hydrogen-bond acceptors (Lipinski definition) is 7. The quantitative estimate of drug-likeness (QED) is 0.377. The molecule has 0 bridgehead atoms. The molecule has 8 nitrogen and oxygen atoms in total. The minimum absolute atomic E-state index is 0.125. The van der Waals surface area contributed by atoms with E-state index in [0.29, 0.717) is 18.0 Å². The van der Waals surface area contributed by atoms with E-state index < -0.39 is 30.5 Å². The van der Waals surface area contributed by atoms with Gasteiger partial charge in [-0.15, -0.1) is 11.3 Å². The van der Waals surface area contributed by atoms with Gasteiger partial charge in [0.15, 0.2) is 0 Å². The van der Waals surface area contributed by atoms with Gasteiger partial charge in [0.05, 0.1) is 12.6 Å². The standard InChI is InChI=1S/C22H24N4O4S/c23-17(22-26-19(13-31-22)21(29)25-18(11-27)20(24)28)10-14-6-8-16(9-7-14)30-12-15-4-2-1-3-5-15/h1-9,13,17-18,27H,10-12,23H2,(H2,24,28)(H,25,29). The Morgan fingerprint density at radius 3 is 2.45 bits per heavy atom. The van der Waals surface area contributed by atoms with E-state index in [1.165, 1.54) is 11.3 Å². The van der Waals surface area contributed by atoms with Crippen LogP contribution in [0.5, 0.6) is 5.75 Å². The van der Waals surface area contributed by atoms with Gasteiger partial charge in [-0.1, -0.05) is 42.5 Å². The summed E-state index contributed by atoms with van der Waals surface area (Å²) in [7, 11) is 0. The van der Waals surface area contributed by atoms with Crippen LogP contribution in [0, 0.1) is 0 Å². The van der Waals surface area contributed by atoms with Crippen molar-refractivity contribution in [1.82, 2.24) is 10.3 Å². The molecule has 2 unspecified atom stereocenters. The van der Waals surface area contributed by atoms with Gasteiger partial charge in [-0.05, 0) is 29.7 Å². The van der Waals surface area contributed by atoms with Crippen LogP contribution in [0.4, 0.5) is 0 Å². The summed E-state index contributed by atoms with van der Waals surface area (Å²) in [5, 5.41) is 13.6. The molecule has 2 aromatic carbocycles. The molecule has 0 fully saturated rings. The fourth-order valence-corrected chi connectivity index (χ4v) is 3.61. The maximum Gasteiger partial charge on any atom is 0.271 e. The lowest BCUT2D eigenvalue weighted by molar-refractivity contribution is -0.120. The van der Waals surface area contributed by atoms with Gasteiger partial charge in [0, 0.05) is 5.38 Å². The molecular formula is C22H24N4O4S. The summed E-state index contributed by atoms with van der Waals surface area (Å²) in [5.41, 5.74) is 13.6. The minimum atomic E-state index is -1.16. The smallest absolute Gasteiger partial charge is 0.271 e. The normalized spacial score (nSPS) is 12.7. The van der Waals surface area contributed by atoms with Gasteiger partial charge < -0.3 is 26.6 Å². The lowest BCUT2D eigenvalue weighted by atomic mass is 10.1. The van der Waals surface area contributed by atoms with Crippen molar-refractivity contribution in [3.05, 3.63) is 81.8 Å². The Morgan fingerprint density at radius 2 is 1.81 bits per heavy atom. The molecule has 3 rings (SSSR count). The first-order valence-electron chi connectivity index (χ1n) is 9.64. The number of aromatic nitrogens is 1. The van der Waals surface area contributed by atoms with Gasteiger partial charge in [0.2, 0.25) is 5.91 Å². The largest absolute Gasteiger partial charge is 0.489 e. The van der Waals surface area contributed by atoms with E-state index in [9.17, 15) is 9.59 Å². The molecule has 1 aromatic heterocycles. The van der Waals surface area contributed by atoms with E-state index >= 15 is 0 Å². The van der Waals surface area contributed by atoms with Crippen LogP contribution >= 0.6 is 11.3 Å². The molecule has 0 radical (unpaired) electrons. The number of thiazole rings is 1. The molecule has 6 N–H and O–H groups in total. The first-order valence-corrected chi connectivity index (χ1v) is 10.5. The molecule has 2 amide bonds. The van der Waals surface area contributed by atoms with E-state index in [4.69, 9.17) is 21.3 Å². The van der Waals surface area contributed by atoms with Gasteiger partial charge >= 0.3 is 0 Å². The SMILES string of the molecule is NC(=O)C(CO)NC(=O)c1csc(C(N)Cc2ccc(OCc3ccccc3)cc2)n1. The second kappa shape index (κ2) is 10.7. The van der Waals surface area contributed by atoms with Crippen LogP contribution in [0.2, 0.25) is 0 Å². The molecule has 0 aliphatic carbocycles. The van der Waals surface area contributed by atoms with Crippen LogP contribution in [0.1, 0.15) is 32.7 Å². The number of ether oxygens (including phenoxy) is 1. The molecule has 0 saturated heterocycles. The van der Waals surface area contributed by atoms with Crippen molar-refractivity contribution in [2.75, 3.05) is 6.61 Å². The van der Waals surface area contributed by atoms with Crippen LogP contribution in [0.3, 0.4) is 0 Å². The van der Waals surface area contributed by atoms with E-state index in [-0.39, 0.29) is 5.69 Å². The Morgan fingerprint density at radius 1 is 1.10 bits per heavy atom. The third-order valence-electron chi connectivity index (χ3n) is 4.53. The number of carbonyl (C=O) groups is 2. The third kappa shape index (κ3) is 6.35. The summed E-state index contributed by atoms with van der Waals surface area (Å²) in [5.74, 6) is -0.645. The van der Waals surface area contributed by atoms with Crippen molar-refractivity contribution in [2.45, 2.75) is 25.1 Å². The van der Waals surface area contributed by atoms with E-state index in [1.54, 1.807) is 5.38 Å². The number of nitrogens with one attached hydrogen (secondary N) is 1. The van der Waals surface area contributed by atoms with E-state index in [0.717, 1.165) is 16.9 Å². The van der Waals surface area contributed by atoms with Crippen LogP contribution in [-0.2, 0) is 17.8 Å². The lowest BCUT2D eigenvalue weighted by Gasteiger charge is -2.11. The Kier molecular flexibility index (Phi) is 7.71. The molecular weight excluding hydrogens is 416 g/mol. The summed E-state index contributed by atoms with van der Waals surface area (Å²) < 4.78 is 5.79. The maximum atomic E-state index is 12.2. The number of amides is 2. The monoisotopic (exact) mass is 440 g/mol. The topological polar surface area (TPSA) is 141 Å². The number of aliphatic hydroxyl groups is 1. The average Bonchev–Trinajstić information content (AvgIpc) is 3.28. The zero-order valence-electron chi connectivity index (χ0n) is 16.7. The van der Waals surface area contributed by atoms with Crippen molar-refractivity contribution in [3.63, 3.8) is 0 Å². The number of hydrogen-bond donors (Lipinski definition) is 4. The Labute approximate surface area is 183 Å². The van der Waals surface area contributed by atoms with Crippen LogP contribution in [0.15, 0.2) is 60.0 Å². The molecule has 0 spiro atoms. The number of carbonyl (C=O) groups excluding carboxylic acids is 2. The van der Waals surface area contributed by atoms with E-state index in [1.807, 2.05) is 54.6 Å². The number of primary amides is 1. The van der Waals surface area contributed by atoms with Gasteiger partial charge in [-0.3, -0.25) is 9.59 Å². The molecule has 0 aliphatic rings. The van der Waals surface area contributed by atoms with Gasteiger partial charge in [0.1, 0.15) is 29.1 Å². The first kappa shape index (κ1) is 22.4. The molecule has 162 valence electrons. The van der Waals surface area contributed by atoms with Crippen LogP contribution < -0.4 is 21.5 Å².